The fourth-order valence-corrected chi connectivity index (χ4v) is 3.60. The van der Waals surface area contributed by atoms with Gasteiger partial charge in [0.25, 0.3) is 0 Å². The molecule has 0 aliphatic heterocycles. The number of aromatic hydroxyl groups is 1. The lowest BCUT2D eigenvalue weighted by Gasteiger charge is -2.27. The summed E-state index contributed by atoms with van der Waals surface area (Å²) < 4.78 is 0. The molecule has 38 heavy (non-hydrogen) atoms. The molecule has 2 aromatic rings. The molecule has 12 nitrogen and oxygen atoms in total. The number of aliphatic carboxylic acids is 1. The van der Waals surface area contributed by atoms with Gasteiger partial charge in [-0.3, -0.25) is 14.4 Å². The molecule has 0 fully saturated rings. The van der Waals surface area contributed by atoms with Crippen molar-refractivity contribution in [1.29, 1.82) is 0 Å². The van der Waals surface area contributed by atoms with Crippen molar-refractivity contribution in [3.05, 3.63) is 65.7 Å². The Morgan fingerprint density at radius 2 is 1.21 bits per heavy atom. The summed E-state index contributed by atoms with van der Waals surface area (Å²) in [5, 5.41) is 46.1. The lowest BCUT2D eigenvalue weighted by Crippen LogP contribution is -2.62. The Labute approximate surface area is 219 Å². The van der Waals surface area contributed by atoms with E-state index in [1.54, 1.807) is 42.5 Å². The number of nitrogens with two attached hydrogens (primary N) is 1. The molecule has 2 aromatic carbocycles. The molecule has 12 heteroatoms. The maximum Gasteiger partial charge on any atom is 0.326 e. The van der Waals surface area contributed by atoms with Gasteiger partial charge >= 0.3 is 5.97 Å². The fourth-order valence-electron chi connectivity index (χ4n) is 3.60. The fraction of sp³-hybridized carbons (Fsp3) is 0.385. The van der Waals surface area contributed by atoms with Gasteiger partial charge in [0.15, 0.2) is 0 Å². The second-order valence-electron chi connectivity index (χ2n) is 9.02. The van der Waals surface area contributed by atoms with E-state index in [1.165, 1.54) is 26.0 Å². The second-order valence-corrected chi connectivity index (χ2v) is 9.02. The smallest absolute Gasteiger partial charge is 0.326 e. The highest BCUT2D eigenvalue weighted by molar-refractivity contribution is 5.94. The first-order chi connectivity index (χ1) is 17.9. The predicted octanol–water partition coefficient (Wildman–Crippen LogP) is -1.19. The van der Waals surface area contributed by atoms with Crippen LogP contribution in [0.4, 0.5) is 0 Å². The van der Waals surface area contributed by atoms with Gasteiger partial charge in [-0.05, 0) is 43.5 Å². The van der Waals surface area contributed by atoms with E-state index in [2.05, 4.69) is 16.0 Å². The van der Waals surface area contributed by atoms with E-state index in [1.807, 2.05) is 0 Å². The predicted molar refractivity (Wildman–Crippen MR) is 137 cm³/mol. The van der Waals surface area contributed by atoms with Gasteiger partial charge in [0.2, 0.25) is 17.7 Å². The Morgan fingerprint density at radius 1 is 0.737 bits per heavy atom. The van der Waals surface area contributed by atoms with Crippen molar-refractivity contribution in [1.82, 2.24) is 16.0 Å². The number of carbonyl (C=O) groups excluding carboxylic acids is 3. The maximum atomic E-state index is 12.9. The zero-order valence-corrected chi connectivity index (χ0v) is 21.1. The number of aliphatic hydroxyl groups is 2. The highest BCUT2D eigenvalue weighted by Crippen LogP contribution is 2.11. The quantitative estimate of drug-likeness (QED) is 0.156. The van der Waals surface area contributed by atoms with E-state index in [9.17, 15) is 39.6 Å². The van der Waals surface area contributed by atoms with E-state index in [4.69, 9.17) is 5.73 Å². The third kappa shape index (κ3) is 9.14. The van der Waals surface area contributed by atoms with Crippen LogP contribution in [-0.4, -0.2) is 80.5 Å². The second kappa shape index (κ2) is 14.1. The van der Waals surface area contributed by atoms with Crippen molar-refractivity contribution in [2.24, 2.45) is 5.73 Å². The highest BCUT2D eigenvalue weighted by Gasteiger charge is 2.34. The van der Waals surface area contributed by atoms with Gasteiger partial charge in [-0.25, -0.2) is 4.79 Å². The van der Waals surface area contributed by atoms with Crippen molar-refractivity contribution >= 4 is 23.7 Å². The number of carboxylic acids is 1. The van der Waals surface area contributed by atoms with Gasteiger partial charge in [0, 0.05) is 6.42 Å². The van der Waals surface area contributed by atoms with Gasteiger partial charge in [-0.1, -0.05) is 42.5 Å². The number of nitrogens with one attached hydrogen (secondary N) is 3. The number of amides is 3. The SMILES string of the molecule is CC(O)C(NC(=O)C(N)Cc1ccc(O)cc1)C(=O)NC(C(=O)NC(Cc1ccccc1)C(=O)O)C(C)O. The standard InChI is InChI=1S/C26H34N4O8/c1-14(31)21(24(35)28-20(26(37)38)13-16-6-4-3-5-7-16)30-25(36)22(15(2)32)29-23(34)19(27)12-17-8-10-18(33)11-9-17/h3-11,14-15,19-22,31-33H,12-13,27H2,1-2H3,(H,28,35)(H,29,34)(H,30,36)(H,37,38). The van der Waals surface area contributed by atoms with Crippen molar-refractivity contribution < 1.29 is 39.6 Å². The highest BCUT2D eigenvalue weighted by atomic mass is 16.4. The summed E-state index contributed by atoms with van der Waals surface area (Å²) in [4.78, 5) is 50.1. The Bertz CT molecular complexity index is 1090. The summed E-state index contributed by atoms with van der Waals surface area (Å²) in [6.07, 6.45) is -2.79. The molecule has 3 amide bonds. The summed E-state index contributed by atoms with van der Waals surface area (Å²) in [6, 6.07) is 9.06. The molecule has 0 saturated heterocycles. The minimum absolute atomic E-state index is 0.0341. The molecule has 0 heterocycles. The molecule has 0 bridgehead atoms. The number of phenols is 1. The number of carbonyl (C=O) groups is 4. The summed E-state index contributed by atoms with van der Waals surface area (Å²) in [7, 11) is 0. The van der Waals surface area contributed by atoms with Crippen molar-refractivity contribution in [3.63, 3.8) is 0 Å². The van der Waals surface area contributed by atoms with E-state index < -0.39 is 60.1 Å². The molecule has 0 radical (unpaired) electrons. The molecular weight excluding hydrogens is 496 g/mol. The van der Waals surface area contributed by atoms with Crippen LogP contribution in [0.5, 0.6) is 5.75 Å². The molecule has 0 saturated carbocycles. The molecule has 0 aliphatic carbocycles. The minimum atomic E-state index is -1.58. The molecule has 206 valence electrons. The van der Waals surface area contributed by atoms with Crippen molar-refractivity contribution in [3.8, 4) is 5.75 Å². The first kappa shape index (κ1) is 30.2. The van der Waals surface area contributed by atoms with Crippen LogP contribution < -0.4 is 21.7 Å². The lowest BCUT2D eigenvalue weighted by molar-refractivity contribution is -0.143. The zero-order valence-electron chi connectivity index (χ0n) is 21.1. The van der Waals surface area contributed by atoms with Crippen LogP contribution >= 0.6 is 0 Å². The topological polar surface area (TPSA) is 211 Å². The Balaban J connectivity index is 2.06. The average Bonchev–Trinajstić information content (AvgIpc) is 2.86. The number of rotatable bonds is 13. The third-order valence-corrected chi connectivity index (χ3v) is 5.75. The Hall–Kier alpha value is -4.00. The van der Waals surface area contributed by atoms with Crippen LogP contribution in [0, 0.1) is 0 Å². The molecular formula is C26H34N4O8. The first-order valence-corrected chi connectivity index (χ1v) is 12.0. The van der Waals surface area contributed by atoms with E-state index >= 15 is 0 Å². The van der Waals surface area contributed by atoms with Gasteiger partial charge in [-0.15, -0.1) is 0 Å². The van der Waals surface area contributed by atoms with Crippen LogP contribution in [0.25, 0.3) is 0 Å². The Kier molecular flexibility index (Phi) is 11.2. The molecule has 2 rings (SSSR count). The lowest BCUT2D eigenvalue weighted by atomic mass is 10.0. The molecule has 6 atom stereocenters. The Morgan fingerprint density at radius 3 is 1.71 bits per heavy atom. The van der Waals surface area contributed by atoms with Crippen LogP contribution in [0.2, 0.25) is 0 Å². The van der Waals surface area contributed by atoms with Crippen LogP contribution in [0.1, 0.15) is 25.0 Å². The number of phenolic OH excluding ortho intramolecular Hbond substituents is 1. The zero-order chi connectivity index (χ0) is 28.4. The molecule has 6 unspecified atom stereocenters. The van der Waals surface area contributed by atoms with Crippen molar-refractivity contribution in [2.75, 3.05) is 0 Å². The largest absolute Gasteiger partial charge is 0.508 e. The van der Waals surface area contributed by atoms with Crippen molar-refractivity contribution in [2.45, 2.75) is 63.1 Å². The van der Waals surface area contributed by atoms with E-state index in [0.717, 1.165) is 0 Å². The summed E-state index contributed by atoms with van der Waals surface area (Å²) >= 11 is 0. The summed E-state index contributed by atoms with van der Waals surface area (Å²) in [5.41, 5.74) is 7.23. The van der Waals surface area contributed by atoms with Gasteiger partial charge in [0.1, 0.15) is 23.9 Å². The average molecular weight is 531 g/mol. The molecule has 0 aliphatic rings. The van der Waals surface area contributed by atoms with Gasteiger partial charge in [0.05, 0.1) is 18.2 Å². The summed E-state index contributed by atoms with van der Waals surface area (Å²) in [5.74, 6) is -3.97. The number of aliphatic hydroxyl groups excluding tert-OH is 2. The molecule has 0 aromatic heterocycles. The van der Waals surface area contributed by atoms with Gasteiger partial charge in [-0.2, -0.15) is 0 Å². The van der Waals surface area contributed by atoms with Gasteiger partial charge < -0.3 is 42.1 Å². The number of hydrogen-bond acceptors (Lipinski definition) is 8. The van der Waals surface area contributed by atoms with E-state index in [0.29, 0.717) is 11.1 Å². The van der Waals surface area contributed by atoms with E-state index in [-0.39, 0.29) is 18.6 Å². The minimum Gasteiger partial charge on any atom is -0.508 e. The molecule has 9 N–H and O–H groups in total. The third-order valence-electron chi connectivity index (χ3n) is 5.75. The molecule has 0 spiro atoms. The number of carboxylic acid groups (broad SMARTS) is 1. The van der Waals surface area contributed by atoms with Crippen LogP contribution in [-0.2, 0) is 32.0 Å². The van der Waals surface area contributed by atoms with Crippen LogP contribution in [0.15, 0.2) is 54.6 Å². The number of benzene rings is 2. The number of hydrogen-bond donors (Lipinski definition) is 8. The monoisotopic (exact) mass is 530 g/mol. The summed E-state index contributed by atoms with van der Waals surface area (Å²) in [6.45, 7) is 2.47. The maximum absolute atomic E-state index is 12.9. The van der Waals surface area contributed by atoms with Crippen LogP contribution in [0.3, 0.4) is 0 Å². The normalized spacial score (nSPS) is 15.7. The first-order valence-electron chi connectivity index (χ1n) is 12.0.